The lowest BCUT2D eigenvalue weighted by molar-refractivity contribution is 0.0269. The molecule has 1 aromatic carbocycles. The summed E-state index contributed by atoms with van der Waals surface area (Å²) in [5, 5.41) is 0. The van der Waals surface area contributed by atoms with Crippen LogP contribution in [0.15, 0.2) is 55.1 Å². The van der Waals surface area contributed by atoms with Gasteiger partial charge in [-0.15, -0.1) is 0 Å². The van der Waals surface area contributed by atoms with Crippen molar-refractivity contribution in [2.24, 2.45) is 0 Å². The number of anilines is 1. The van der Waals surface area contributed by atoms with Crippen molar-refractivity contribution in [3.8, 4) is 5.75 Å². The van der Waals surface area contributed by atoms with Crippen LogP contribution in [0.5, 0.6) is 5.75 Å². The van der Waals surface area contributed by atoms with Crippen molar-refractivity contribution < 1.29 is 13.8 Å². The zero-order chi connectivity index (χ0) is 18.9. The molecule has 4 rings (SSSR count). The van der Waals surface area contributed by atoms with Gasteiger partial charge in [0, 0.05) is 6.42 Å². The van der Waals surface area contributed by atoms with Crippen molar-refractivity contribution in [3.63, 3.8) is 0 Å². The normalized spacial score (nSPS) is 22.3. The lowest BCUT2D eigenvalue weighted by atomic mass is 10.1. The molecule has 2 heterocycles. The van der Waals surface area contributed by atoms with Gasteiger partial charge in [-0.25, -0.2) is 15.0 Å². The Morgan fingerprint density at radius 1 is 1.30 bits per heavy atom. The van der Waals surface area contributed by atoms with Crippen LogP contribution in [0.1, 0.15) is 19.4 Å². The Morgan fingerprint density at radius 2 is 2.11 bits per heavy atom. The molecule has 1 aliphatic rings. The van der Waals surface area contributed by atoms with E-state index in [-0.39, 0.29) is 12.4 Å². The number of hydrogen-bond donors (Lipinski definition) is 1. The smallest absolute Gasteiger partial charge is 0.382 e. The van der Waals surface area contributed by atoms with E-state index in [4.69, 9.17) is 15.0 Å². The molecule has 1 aliphatic carbocycles. The maximum atomic E-state index is 12.2. The fourth-order valence-corrected chi connectivity index (χ4v) is 3.91. The van der Waals surface area contributed by atoms with E-state index >= 15 is 0 Å². The fraction of sp³-hybridized carbons (Fsp3) is 0.278. The third-order valence-electron chi connectivity index (χ3n) is 4.48. The number of rotatable bonds is 6. The number of ether oxygens (including phenoxy) is 1. The quantitative estimate of drug-likeness (QED) is 0.512. The molecule has 0 fully saturated rings. The summed E-state index contributed by atoms with van der Waals surface area (Å²) in [4.78, 5) is 12.5. The molecular formula is C18H19N5O3P+. The molecule has 0 amide bonds. The molecule has 0 saturated heterocycles. The number of para-hydroxylation sites is 1. The molecule has 8 nitrogen and oxygen atoms in total. The molecule has 2 aromatic heterocycles. The van der Waals surface area contributed by atoms with Gasteiger partial charge in [0.1, 0.15) is 11.8 Å². The number of fused-ring (bicyclic) bond motifs is 1. The number of benzene rings is 1. The maximum Gasteiger partial charge on any atom is 0.585 e. The second kappa shape index (κ2) is 7.06. The Morgan fingerprint density at radius 3 is 2.93 bits per heavy atom. The first-order valence-corrected chi connectivity index (χ1v) is 9.84. The monoisotopic (exact) mass is 384 g/mol. The van der Waals surface area contributed by atoms with Crippen LogP contribution in [0, 0.1) is 0 Å². The molecular weight excluding hydrogens is 365 g/mol. The molecule has 27 heavy (non-hydrogen) atoms. The third-order valence-corrected chi connectivity index (χ3v) is 5.23. The van der Waals surface area contributed by atoms with Crippen molar-refractivity contribution in [2.45, 2.75) is 25.0 Å². The van der Waals surface area contributed by atoms with Gasteiger partial charge in [0.2, 0.25) is 0 Å². The third kappa shape index (κ3) is 3.67. The summed E-state index contributed by atoms with van der Waals surface area (Å²) in [6.45, 7) is 1.96. The van der Waals surface area contributed by atoms with E-state index in [1.807, 2.05) is 41.8 Å². The van der Waals surface area contributed by atoms with Crippen LogP contribution in [0.25, 0.3) is 11.2 Å². The molecule has 0 radical (unpaired) electrons. The molecule has 2 N–H and O–H groups in total. The largest absolute Gasteiger partial charge is 0.585 e. The summed E-state index contributed by atoms with van der Waals surface area (Å²) in [6, 6.07) is 9.07. The molecule has 0 aliphatic heterocycles. The van der Waals surface area contributed by atoms with Crippen LogP contribution < -0.4 is 10.3 Å². The summed E-state index contributed by atoms with van der Waals surface area (Å²) in [7, 11) is -1.96. The Balaban J connectivity index is 1.40. The van der Waals surface area contributed by atoms with Gasteiger partial charge in [-0.3, -0.25) is 4.52 Å². The Hall–Kier alpha value is -2.83. The number of allylic oxidation sites excluding steroid dienone is 1. The molecule has 9 heteroatoms. The first-order chi connectivity index (χ1) is 13.0. The SMILES string of the molecule is C[C@@]1(OC[P+](=O)Oc2ccccc2)C=CC(n2cnc3c(N)ncnc32)C1. The number of nitrogens with two attached hydrogens (primary N) is 1. The highest BCUT2D eigenvalue weighted by molar-refractivity contribution is 7.39. The van der Waals surface area contributed by atoms with E-state index in [2.05, 4.69) is 15.0 Å². The first kappa shape index (κ1) is 17.6. The van der Waals surface area contributed by atoms with Gasteiger partial charge < -0.3 is 15.0 Å². The lowest BCUT2D eigenvalue weighted by Crippen LogP contribution is -2.25. The second-order valence-electron chi connectivity index (χ2n) is 6.54. The van der Waals surface area contributed by atoms with Crippen molar-refractivity contribution in [1.29, 1.82) is 0 Å². The van der Waals surface area contributed by atoms with Crippen molar-refractivity contribution in [2.75, 3.05) is 12.1 Å². The number of nitrogens with zero attached hydrogens (tertiary/aromatic N) is 4. The van der Waals surface area contributed by atoms with Gasteiger partial charge in [0.15, 0.2) is 17.2 Å². The van der Waals surface area contributed by atoms with Crippen LogP contribution in [0.2, 0.25) is 0 Å². The van der Waals surface area contributed by atoms with E-state index in [1.54, 1.807) is 18.5 Å². The highest BCUT2D eigenvalue weighted by atomic mass is 31.1. The van der Waals surface area contributed by atoms with Crippen LogP contribution in [0.3, 0.4) is 0 Å². The highest BCUT2D eigenvalue weighted by Gasteiger charge is 2.36. The summed E-state index contributed by atoms with van der Waals surface area (Å²) >= 11 is 0. The van der Waals surface area contributed by atoms with Crippen LogP contribution in [0.4, 0.5) is 5.82 Å². The van der Waals surface area contributed by atoms with Crippen molar-refractivity contribution in [1.82, 2.24) is 19.5 Å². The lowest BCUT2D eigenvalue weighted by Gasteiger charge is -2.22. The minimum absolute atomic E-state index is 0.0115. The minimum Gasteiger partial charge on any atom is -0.382 e. The predicted octanol–water partition coefficient (Wildman–Crippen LogP) is 3.46. The Labute approximate surface area is 156 Å². The zero-order valence-corrected chi connectivity index (χ0v) is 15.6. The average molecular weight is 384 g/mol. The topological polar surface area (TPSA) is 105 Å². The first-order valence-electron chi connectivity index (χ1n) is 8.48. The predicted molar refractivity (Wildman–Crippen MR) is 102 cm³/mol. The summed E-state index contributed by atoms with van der Waals surface area (Å²) in [5.74, 6) is 0.921. The molecule has 2 unspecified atom stereocenters. The second-order valence-corrected chi connectivity index (χ2v) is 7.64. The van der Waals surface area contributed by atoms with E-state index in [1.165, 1.54) is 6.33 Å². The van der Waals surface area contributed by atoms with Crippen LogP contribution in [-0.2, 0) is 9.30 Å². The van der Waals surface area contributed by atoms with Gasteiger partial charge in [0.05, 0.1) is 18.0 Å². The van der Waals surface area contributed by atoms with Crippen LogP contribution >= 0.6 is 8.03 Å². The number of hydrogen-bond acceptors (Lipinski definition) is 7. The molecule has 3 aromatic rings. The van der Waals surface area contributed by atoms with E-state index in [9.17, 15) is 4.57 Å². The van der Waals surface area contributed by atoms with Gasteiger partial charge in [0.25, 0.3) is 6.35 Å². The molecule has 0 bridgehead atoms. The Kier molecular flexibility index (Phi) is 4.59. The zero-order valence-electron chi connectivity index (χ0n) is 14.7. The molecule has 0 spiro atoms. The number of nitrogen functional groups attached to an aromatic ring is 1. The van der Waals surface area contributed by atoms with Crippen molar-refractivity contribution >= 4 is 25.0 Å². The van der Waals surface area contributed by atoms with E-state index in [0.717, 1.165) is 0 Å². The maximum absolute atomic E-state index is 12.2. The van der Waals surface area contributed by atoms with Crippen LogP contribution in [-0.4, -0.2) is 31.5 Å². The van der Waals surface area contributed by atoms with Gasteiger partial charge in [-0.1, -0.05) is 30.4 Å². The highest BCUT2D eigenvalue weighted by Crippen LogP contribution is 2.37. The Bertz CT molecular complexity index is 1010. The summed E-state index contributed by atoms with van der Waals surface area (Å²) in [5.41, 5.74) is 6.56. The fourth-order valence-electron chi connectivity index (χ4n) is 3.10. The number of aromatic nitrogens is 4. The minimum atomic E-state index is -1.96. The molecule has 138 valence electrons. The van der Waals surface area contributed by atoms with E-state index in [0.29, 0.717) is 29.2 Å². The van der Waals surface area contributed by atoms with Gasteiger partial charge in [-0.2, -0.15) is 0 Å². The standard InChI is InChI=1S/C18H19N5O3P/c1-18(25-12-27(24)26-14-5-3-2-4-6-14)8-7-13(9-18)23-11-22-15-16(19)20-10-21-17(15)23/h2-8,10-11,13H,9,12H2,1H3,(H2,19,20,21)/q+1/t13?,18-/m1/s1. The molecule has 3 atom stereocenters. The summed E-state index contributed by atoms with van der Waals surface area (Å²) in [6.07, 6.45) is 7.81. The average Bonchev–Trinajstić information content (AvgIpc) is 3.26. The summed E-state index contributed by atoms with van der Waals surface area (Å²) < 4.78 is 25.4. The molecule has 0 saturated carbocycles. The number of imidazole rings is 1. The van der Waals surface area contributed by atoms with Gasteiger partial charge >= 0.3 is 8.03 Å². The van der Waals surface area contributed by atoms with Gasteiger partial charge in [-0.05, 0) is 23.6 Å². The van der Waals surface area contributed by atoms with E-state index < -0.39 is 13.6 Å². The van der Waals surface area contributed by atoms with Crippen molar-refractivity contribution in [3.05, 3.63) is 55.1 Å².